The van der Waals surface area contributed by atoms with E-state index in [2.05, 4.69) is 20.8 Å². The van der Waals surface area contributed by atoms with Gasteiger partial charge in [-0.25, -0.2) is 0 Å². The minimum absolute atomic E-state index is 0.0504. The highest BCUT2D eigenvalue weighted by Gasteiger charge is 2.12. The van der Waals surface area contributed by atoms with Gasteiger partial charge in [-0.15, -0.1) is 0 Å². The number of carbonyl (C=O) groups is 1. The van der Waals surface area contributed by atoms with E-state index in [9.17, 15) is 4.79 Å². The van der Waals surface area contributed by atoms with Crippen molar-refractivity contribution in [2.24, 2.45) is 5.92 Å². The number of hydrogen-bond acceptors (Lipinski definition) is 2. The van der Waals surface area contributed by atoms with Gasteiger partial charge in [-0.1, -0.05) is 188 Å². The number of unbranched alkanes of at least 4 members (excludes halogenated alkanes) is 22. The molecule has 2 heteroatoms. The van der Waals surface area contributed by atoms with Crippen LogP contribution in [0.2, 0.25) is 0 Å². The van der Waals surface area contributed by atoms with Crippen LogP contribution < -0.4 is 0 Å². The number of ether oxygens (including phenoxy) is 1. The van der Waals surface area contributed by atoms with E-state index in [-0.39, 0.29) is 5.97 Å². The number of esters is 1. The van der Waals surface area contributed by atoms with Crippen LogP contribution in [0.15, 0.2) is 0 Å². The molecule has 0 saturated carbocycles. The largest absolute Gasteiger partial charge is 0.466 e. The van der Waals surface area contributed by atoms with Crippen molar-refractivity contribution >= 4 is 5.97 Å². The summed E-state index contributed by atoms with van der Waals surface area (Å²) >= 11 is 0. The van der Waals surface area contributed by atoms with Crippen molar-refractivity contribution in [3.63, 3.8) is 0 Å². The van der Waals surface area contributed by atoms with Crippen molar-refractivity contribution in [1.29, 1.82) is 0 Å². The molecule has 0 aromatic carbocycles. The Labute approximate surface area is 234 Å². The average Bonchev–Trinajstić information content (AvgIpc) is 2.90. The van der Waals surface area contributed by atoms with Gasteiger partial charge in [-0.05, 0) is 18.8 Å². The van der Waals surface area contributed by atoms with Gasteiger partial charge in [-0.3, -0.25) is 4.79 Å². The molecule has 2 nitrogen and oxygen atoms in total. The molecule has 0 aliphatic heterocycles. The topological polar surface area (TPSA) is 26.3 Å². The third kappa shape index (κ3) is 29.9. The Morgan fingerprint density at radius 1 is 0.432 bits per heavy atom. The second-order valence-corrected chi connectivity index (χ2v) is 12.0. The molecule has 1 atom stereocenters. The van der Waals surface area contributed by atoms with E-state index in [1.54, 1.807) is 0 Å². The maximum atomic E-state index is 12.3. The average molecular weight is 523 g/mol. The van der Waals surface area contributed by atoms with E-state index in [1.165, 1.54) is 167 Å². The third-order valence-electron chi connectivity index (χ3n) is 8.20. The lowest BCUT2D eigenvalue weighted by molar-refractivity contribution is -0.144. The van der Waals surface area contributed by atoms with Crippen LogP contribution in [0, 0.1) is 5.92 Å². The maximum absolute atomic E-state index is 12.3. The van der Waals surface area contributed by atoms with Crippen LogP contribution in [0.25, 0.3) is 0 Å². The Hall–Kier alpha value is -0.530. The number of rotatable bonds is 31. The molecule has 1 unspecified atom stereocenters. The van der Waals surface area contributed by atoms with Gasteiger partial charge >= 0.3 is 5.97 Å². The van der Waals surface area contributed by atoms with Crippen LogP contribution in [-0.4, -0.2) is 12.6 Å². The van der Waals surface area contributed by atoms with E-state index in [1.807, 2.05) is 0 Å². The molecular formula is C35H70O2. The standard InChI is InChI=1S/C35H70O2/c1-4-7-10-13-16-17-18-19-21-24-27-30-34(29-26-23-20-14-11-8-5-2)31-32-35(36)37-33-28-25-22-15-12-9-6-3/h34H,4-33H2,1-3H3. The van der Waals surface area contributed by atoms with E-state index < -0.39 is 0 Å². The van der Waals surface area contributed by atoms with Crippen molar-refractivity contribution in [3.8, 4) is 0 Å². The van der Waals surface area contributed by atoms with Crippen LogP contribution in [0.5, 0.6) is 0 Å². The second kappa shape index (κ2) is 31.7. The molecule has 0 radical (unpaired) electrons. The predicted octanol–water partition coefficient (Wildman–Crippen LogP) is 12.5. The zero-order valence-electron chi connectivity index (χ0n) is 26.1. The Morgan fingerprint density at radius 3 is 1.14 bits per heavy atom. The predicted molar refractivity (Wildman–Crippen MR) is 165 cm³/mol. The molecule has 0 amide bonds. The molecule has 0 aliphatic rings. The normalized spacial score (nSPS) is 12.2. The number of carbonyl (C=O) groups excluding carboxylic acids is 1. The first-order valence-electron chi connectivity index (χ1n) is 17.4. The molecule has 0 spiro atoms. The summed E-state index contributed by atoms with van der Waals surface area (Å²) < 4.78 is 5.57. The molecular weight excluding hydrogens is 452 g/mol. The maximum Gasteiger partial charge on any atom is 0.305 e. The Balaban J connectivity index is 3.98. The summed E-state index contributed by atoms with van der Waals surface area (Å²) in [7, 11) is 0. The van der Waals surface area contributed by atoms with Gasteiger partial charge in [0, 0.05) is 6.42 Å². The molecule has 0 N–H and O–H groups in total. The Bertz CT molecular complexity index is 433. The molecule has 0 fully saturated rings. The smallest absolute Gasteiger partial charge is 0.305 e. The zero-order chi connectivity index (χ0) is 27.1. The van der Waals surface area contributed by atoms with E-state index in [0.29, 0.717) is 13.0 Å². The summed E-state index contributed by atoms with van der Waals surface area (Å²) in [4.78, 5) is 12.3. The third-order valence-corrected chi connectivity index (χ3v) is 8.20. The van der Waals surface area contributed by atoms with Crippen LogP contribution in [0.1, 0.15) is 207 Å². The summed E-state index contributed by atoms with van der Waals surface area (Å²) in [6.07, 6.45) is 38.3. The zero-order valence-corrected chi connectivity index (χ0v) is 26.1. The molecule has 0 bridgehead atoms. The first kappa shape index (κ1) is 36.5. The molecule has 0 aromatic rings. The van der Waals surface area contributed by atoms with Crippen molar-refractivity contribution in [2.45, 2.75) is 207 Å². The van der Waals surface area contributed by atoms with E-state index in [0.717, 1.165) is 18.8 Å². The summed E-state index contributed by atoms with van der Waals surface area (Å²) in [6.45, 7) is 7.48. The van der Waals surface area contributed by atoms with Crippen molar-refractivity contribution in [2.75, 3.05) is 6.61 Å². The molecule has 0 aromatic heterocycles. The summed E-state index contributed by atoms with van der Waals surface area (Å²) in [5.74, 6) is 0.773. The second-order valence-electron chi connectivity index (χ2n) is 12.0. The van der Waals surface area contributed by atoms with Gasteiger partial charge in [0.1, 0.15) is 0 Å². The minimum Gasteiger partial charge on any atom is -0.466 e. The fourth-order valence-electron chi connectivity index (χ4n) is 5.56. The van der Waals surface area contributed by atoms with Crippen molar-refractivity contribution < 1.29 is 9.53 Å². The number of hydrogen-bond donors (Lipinski definition) is 0. The van der Waals surface area contributed by atoms with E-state index >= 15 is 0 Å². The lowest BCUT2D eigenvalue weighted by Gasteiger charge is -2.17. The lowest BCUT2D eigenvalue weighted by atomic mass is 9.90. The van der Waals surface area contributed by atoms with Gasteiger partial charge in [0.25, 0.3) is 0 Å². The summed E-state index contributed by atoms with van der Waals surface area (Å²) in [5, 5.41) is 0. The Morgan fingerprint density at radius 2 is 0.757 bits per heavy atom. The highest BCUT2D eigenvalue weighted by molar-refractivity contribution is 5.69. The highest BCUT2D eigenvalue weighted by Crippen LogP contribution is 2.24. The van der Waals surface area contributed by atoms with Crippen molar-refractivity contribution in [1.82, 2.24) is 0 Å². The van der Waals surface area contributed by atoms with Crippen LogP contribution in [-0.2, 0) is 9.53 Å². The molecule has 37 heavy (non-hydrogen) atoms. The quantitative estimate of drug-likeness (QED) is 0.0668. The highest BCUT2D eigenvalue weighted by atomic mass is 16.5. The molecule has 0 heterocycles. The van der Waals surface area contributed by atoms with Crippen LogP contribution in [0.4, 0.5) is 0 Å². The molecule has 222 valence electrons. The molecule has 0 rings (SSSR count). The lowest BCUT2D eigenvalue weighted by Crippen LogP contribution is -2.10. The van der Waals surface area contributed by atoms with Gasteiger partial charge in [0.15, 0.2) is 0 Å². The fraction of sp³-hybridized carbons (Fsp3) is 0.971. The van der Waals surface area contributed by atoms with Gasteiger partial charge in [0.2, 0.25) is 0 Å². The minimum atomic E-state index is 0.0504. The van der Waals surface area contributed by atoms with Gasteiger partial charge in [0.05, 0.1) is 6.61 Å². The summed E-state index contributed by atoms with van der Waals surface area (Å²) in [6, 6.07) is 0. The van der Waals surface area contributed by atoms with E-state index in [4.69, 9.17) is 4.74 Å². The molecule has 0 aliphatic carbocycles. The van der Waals surface area contributed by atoms with Crippen molar-refractivity contribution in [3.05, 3.63) is 0 Å². The van der Waals surface area contributed by atoms with Crippen LogP contribution in [0.3, 0.4) is 0 Å². The first-order valence-corrected chi connectivity index (χ1v) is 17.4. The Kier molecular flexibility index (Phi) is 31.2. The molecule has 0 saturated heterocycles. The van der Waals surface area contributed by atoms with Gasteiger partial charge < -0.3 is 4.74 Å². The van der Waals surface area contributed by atoms with Gasteiger partial charge in [-0.2, -0.15) is 0 Å². The van der Waals surface area contributed by atoms with Crippen LogP contribution >= 0.6 is 0 Å². The monoisotopic (exact) mass is 523 g/mol. The fourth-order valence-corrected chi connectivity index (χ4v) is 5.56. The summed E-state index contributed by atoms with van der Waals surface area (Å²) in [5.41, 5.74) is 0. The first-order chi connectivity index (χ1) is 18.2. The SMILES string of the molecule is CCCCCCCCCCCCCC(CCCCCCCCC)CCC(=O)OCCCCCCCCC.